The second-order valence-electron chi connectivity index (χ2n) is 9.32. The fraction of sp³-hybridized carbons (Fsp3) is 0.219. The van der Waals surface area contributed by atoms with Crippen LogP contribution in [0.25, 0.3) is 16.3 Å². The number of fused-ring (bicyclic) bond motifs is 1. The molecule has 0 atom stereocenters. The summed E-state index contributed by atoms with van der Waals surface area (Å²) in [4.78, 5) is 12.9. The fourth-order valence-corrected chi connectivity index (χ4v) is 4.90. The second-order valence-corrected chi connectivity index (χ2v) is 10.9. The van der Waals surface area contributed by atoms with E-state index in [1.165, 1.54) is 16.5 Å². The molecule has 0 bridgehead atoms. The van der Waals surface area contributed by atoms with E-state index in [0.29, 0.717) is 19.3 Å². The third-order valence-corrected chi connectivity index (χ3v) is 7.08. The number of hydrogen-bond acceptors (Lipinski definition) is 5. The molecule has 0 spiro atoms. The summed E-state index contributed by atoms with van der Waals surface area (Å²) in [7, 11) is 1.78. The van der Waals surface area contributed by atoms with Crippen molar-refractivity contribution in [3.8, 4) is 0 Å². The van der Waals surface area contributed by atoms with Gasteiger partial charge in [0.2, 0.25) is 0 Å². The van der Waals surface area contributed by atoms with E-state index in [4.69, 9.17) is 5.11 Å². The first kappa shape index (κ1) is 30.8. The summed E-state index contributed by atoms with van der Waals surface area (Å²) in [6.07, 6.45) is 4.02. The Labute approximate surface area is 245 Å². The lowest BCUT2D eigenvalue weighted by molar-refractivity contribution is -0.137. The van der Waals surface area contributed by atoms with E-state index in [1.54, 1.807) is 0 Å². The summed E-state index contributed by atoms with van der Waals surface area (Å²) in [5, 5.41) is 11.4. The number of carboxylic acids is 1. The molecule has 6 nitrogen and oxygen atoms in total. The Kier molecular flexibility index (Phi) is 12.1. The lowest BCUT2D eigenvalue weighted by Gasteiger charge is -2.14. The molecule has 208 valence electrons. The van der Waals surface area contributed by atoms with E-state index in [-0.39, 0.29) is 13.0 Å². The van der Waals surface area contributed by atoms with Gasteiger partial charge in [-0.1, -0.05) is 94.8 Å². The monoisotopic (exact) mass is 620 g/mol. The number of unbranched alkanes of at least 4 members (excludes halogenated alkanes) is 1. The zero-order chi connectivity index (χ0) is 28.9. The summed E-state index contributed by atoms with van der Waals surface area (Å²) >= 11 is 3.49. The predicted molar refractivity (Wildman–Crippen MR) is 167 cm³/mol. The Morgan fingerprint density at radius 3 is 2.30 bits per heavy atom. The molecule has 0 saturated heterocycles. The molecule has 1 N–H and O–H groups in total. The van der Waals surface area contributed by atoms with Gasteiger partial charge in [-0.05, 0) is 65.1 Å². The maximum atomic E-state index is 10.7. The summed E-state index contributed by atoms with van der Waals surface area (Å²) in [5.74, 6) is -0.791. The highest BCUT2D eigenvalue weighted by molar-refractivity contribution is 9.10. The summed E-state index contributed by atoms with van der Waals surface area (Å²) in [5.41, 5.74) is 5.39. The Morgan fingerprint density at radius 2 is 1.62 bits per heavy atom. The van der Waals surface area contributed by atoms with Crippen LogP contribution >= 0.6 is 15.9 Å². The van der Waals surface area contributed by atoms with Gasteiger partial charge in [0.15, 0.2) is 0 Å². The number of carbonyl (C=O) groups is 1. The van der Waals surface area contributed by atoms with Crippen LogP contribution in [0.1, 0.15) is 36.0 Å². The first-order valence-corrected chi connectivity index (χ1v) is 14.8. The van der Waals surface area contributed by atoms with Crippen molar-refractivity contribution in [1.29, 1.82) is 0 Å². The van der Waals surface area contributed by atoms with Gasteiger partial charge >= 0.3 is 16.5 Å². The maximum Gasteiger partial charge on any atom is 0.311 e. The van der Waals surface area contributed by atoms with E-state index >= 15 is 0 Å². The van der Waals surface area contributed by atoms with Crippen LogP contribution in [0.5, 0.6) is 0 Å². The van der Waals surface area contributed by atoms with Gasteiger partial charge in [0.25, 0.3) is 0 Å². The van der Waals surface area contributed by atoms with Gasteiger partial charge in [-0.2, -0.15) is 12.8 Å². The van der Waals surface area contributed by atoms with E-state index in [1.807, 2.05) is 48.5 Å². The molecular weight excluding hydrogens is 588 g/mol. The molecule has 40 heavy (non-hydrogen) atoms. The number of carboxylic acid groups (broad SMARTS) is 1. The van der Waals surface area contributed by atoms with Gasteiger partial charge in [-0.15, -0.1) is 0 Å². The molecule has 0 saturated carbocycles. The van der Waals surface area contributed by atoms with Gasteiger partial charge in [-0.3, -0.25) is 4.79 Å². The molecule has 4 aromatic rings. The molecule has 4 aromatic carbocycles. The Hall–Kier alpha value is -3.75. The molecular formula is C32H33BrN2O4S. The molecule has 4 rings (SSSR count). The Bertz CT molecular complexity index is 1580. The van der Waals surface area contributed by atoms with Crippen molar-refractivity contribution in [2.45, 2.75) is 25.7 Å². The zero-order valence-electron chi connectivity index (χ0n) is 22.6. The maximum absolute atomic E-state index is 10.7. The predicted octanol–water partition coefficient (Wildman–Crippen LogP) is 7.65. The lowest BCUT2D eigenvalue weighted by Crippen LogP contribution is -2.08. The number of aliphatic carboxylic acids is 1. The van der Waals surface area contributed by atoms with Gasteiger partial charge in [-0.25, -0.2) is 0 Å². The van der Waals surface area contributed by atoms with Crippen molar-refractivity contribution in [3.05, 3.63) is 118 Å². The van der Waals surface area contributed by atoms with Crippen LogP contribution in [0, 0.1) is 0 Å². The topological polar surface area (TPSA) is 87.0 Å². The van der Waals surface area contributed by atoms with Gasteiger partial charge in [0, 0.05) is 36.1 Å². The average Bonchev–Trinajstić information content (AvgIpc) is 2.93. The van der Waals surface area contributed by atoms with Crippen molar-refractivity contribution in [1.82, 2.24) is 0 Å². The highest BCUT2D eigenvalue weighted by Crippen LogP contribution is 2.27. The van der Waals surface area contributed by atoms with E-state index in [0.717, 1.165) is 26.7 Å². The standard InChI is InChI=1S/C20H20BrNO4S.C12H13N/c21-18-5-3-4-17(14-18)19(6-1-2-7-20(23)24)16-10-8-15(9-11-16)12-13-22-27(25)26;1-13(2)12-9-5-7-10-6-3-4-8-11(10)12/h3-6,8-11,14H,1-2,7,12-13H2,(H,23,24);3-9H,1-2H3. The molecule has 0 aliphatic rings. The molecule has 0 heterocycles. The summed E-state index contributed by atoms with van der Waals surface area (Å²) < 4.78 is 25.4. The van der Waals surface area contributed by atoms with Crippen LogP contribution < -0.4 is 4.90 Å². The molecule has 0 aliphatic heterocycles. The first-order valence-electron chi connectivity index (χ1n) is 12.9. The number of rotatable bonds is 10. The van der Waals surface area contributed by atoms with Gasteiger partial charge in [0.05, 0.1) is 6.54 Å². The Balaban J connectivity index is 0.000000281. The summed E-state index contributed by atoms with van der Waals surface area (Å²) in [6, 6.07) is 30.7. The second kappa shape index (κ2) is 15.7. The third-order valence-electron chi connectivity index (χ3n) is 6.19. The van der Waals surface area contributed by atoms with Crippen molar-refractivity contribution in [2.24, 2.45) is 4.36 Å². The molecule has 8 heteroatoms. The number of benzene rings is 4. The average molecular weight is 622 g/mol. The van der Waals surface area contributed by atoms with Crippen LogP contribution in [0.2, 0.25) is 0 Å². The van der Waals surface area contributed by atoms with Crippen LogP contribution in [0.3, 0.4) is 0 Å². The van der Waals surface area contributed by atoms with Crippen LogP contribution in [-0.2, 0) is 21.7 Å². The smallest absolute Gasteiger partial charge is 0.311 e. The van der Waals surface area contributed by atoms with E-state index < -0.39 is 16.5 Å². The summed E-state index contributed by atoms with van der Waals surface area (Å²) in [6.45, 7) is 0.235. The zero-order valence-corrected chi connectivity index (χ0v) is 25.0. The molecule has 0 amide bonds. The third kappa shape index (κ3) is 9.77. The highest BCUT2D eigenvalue weighted by Gasteiger charge is 2.07. The van der Waals surface area contributed by atoms with Crippen molar-refractivity contribution in [2.75, 3.05) is 25.5 Å². The van der Waals surface area contributed by atoms with E-state index in [9.17, 15) is 13.2 Å². The van der Waals surface area contributed by atoms with Crippen LogP contribution in [0.4, 0.5) is 5.69 Å². The molecule has 0 radical (unpaired) electrons. The van der Waals surface area contributed by atoms with Crippen molar-refractivity contribution in [3.63, 3.8) is 0 Å². The first-order chi connectivity index (χ1) is 19.2. The lowest BCUT2D eigenvalue weighted by atomic mass is 9.95. The molecule has 0 aliphatic carbocycles. The molecule has 0 fully saturated rings. The van der Waals surface area contributed by atoms with Crippen molar-refractivity contribution < 1.29 is 18.3 Å². The highest BCUT2D eigenvalue weighted by atomic mass is 79.9. The number of allylic oxidation sites excluding steroid dienone is 1. The number of nitrogens with zero attached hydrogens (tertiary/aromatic N) is 2. The number of anilines is 1. The Morgan fingerprint density at radius 1 is 0.925 bits per heavy atom. The minimum Gasteiger partial charge on any atom is -0.481 e. The fourth-order valence-electron chi connectivity index (χ4n) is 4.26. The largest absolute Gasteiger partial charge is 0.481 e. The number of halogens is 1. The van der Waals surface area contributed by atoms with Crippen molar-refractivity contribution >= 4 is 54.4 Å². The van der Waals surface area contributed by atoms with Crippen LogP contribution in [-0.4, -0.2) is 40.1 Å². The van der Waals surface area contributed by atoms with Gasteiger partial charge in [0.1, 0.15) is 0 Å². The minimum absolute atomic E-state index is 0.145. The number of hydrogen-bond donors (Lipinski definition) is 1. The minimum atomic E-state index is -2.37. The van der Waals surface area contributed by atoms with Gasteiger partial charge < -0.3 is 10.0 Å². The normalized spacial score (nSPS) is 10.9. The van der Waals surface area contributed by atoms with Crippen LogP contribution in [0.15, 0.2) is 106 Å². The molecule has 0 aromatic heterocycles. The van der Waals surface area contributed by atoms with E-state index in [2.05, 4.69) is 87.8 Å². The SMILES string of the molecule is CN(C)c1cccc2ccccc12.O=C(O)CCCC=C(c1ccc(CCN=S(=O)=O)cc1)c1cccc(Br)c1. The quantitative estimate of drug-likeness (QED) is 0.184. The molecule has 0 unspecified atom stereocenters.